The highest BCUT2D eigenvalue weighted by atomic mass is 32.1. The highest BCUT2D eigenvalue weighted by Gasteiger charge is 2.07. The van der Waals surface area contributed by atoms with Gasteiger partial charge in [0.1, 0.15) is 0 Å². The van der Waals surface area contributed by atoms with E-state index in [1.54, 1.807) is 25.3 Å². The van der Waals surface area contributed by atoms with Gasteiger partial charge in [0.25, 0.3) is 5.69 Å². The lowest BCUT2D eigenvalue weighted by Crippen LogP contribution is -2.06. The number of nitro groups is 1. The van der Waals surface area contributed by atoms with Gasteiger partial charge >= 0.3 is 5.97 Å². The van der Waals surface area contributed by atoms with Gasteiger partial charge in [0.05, 0.1) is 24.2 Å². The van der Waals surface area contributed by atoms with E-state index in [2.05, 4.69) is 15.5 Å². The fourth-order valence-electron chi connectivity index (χ4n) is 1.64. The Labute approximate surface area is 136 Å². The summed E-state index contributed by atoms with van der Waals surface area (Å²) in [6.07, 6.45) is 3.29. The molecule has 2 aromatic rings. The molecule has 1 heterocycles. The third-order valence-corrected chi connectivity index (χ3v) is 3.56. The Balaban J connectivity index is 1.89. The number of nitro benzene ring substituents is 1. The molecular weight excluding hydrogens is 320 g/mol. The van der Waals surface area contributed by atoms with Gasteiger partial charge in [0.15, 0.2) is 0 Å². The molecule has 1 aromatic heterocycles. The summed E-state index contributed by atoms with van der Waals surface area (Å²) in [6.45, 7) is 2.10. The number of hydrogen-bond donors (Lipinski definition) is 1. The molecule has 1 aromatic carbocycles. The topological polar surface area (TPSA) is 107 Å². The molecule has 0 bridgehead atoms. The average molecular weight is 334 g/mol. The molecule has 0 aliphatic heterocycles. The van der Waals surface area contributed by atoms with Crippen LogP contribution in [0.3, 0.4) is 0 Å². The van der Waals surface area contributed by atoms with Gasteiger partial charge in [-0.25, -0.2) is 4.98 Å². The number of carbonyl (C=O) groups excluding carboxylic acids is 1. The monoisotopic (exact) mass is 334 g/mol. The molecule has 0 amide bonds. The Bertz CT molecular complexity index is 712. The fraction of sp³-hybridized carbons (Fsp3) is 0.214. The van der Waals surface area contributed by atoms with Crippen molar-refractivity contribution < 1.29 is 14.5 Å². The number of rotatable bonds is 7. The quantitative estimate of drug-likeness (QED) is 0.361. The average Bonchev–Trinajstić information content (AvgIpc) is 2.95. The third kappa shape index (κ3) is 5.15. The number of anilines is 1. The zero-order chi connectivity index (χ0) is 16.7. The molecule has 0 fully saturated rings. The molecule has 0 radical (unpaired) electrons. The Morgan fingerprint density at radius 1 is 1.48 bits per heavy atom. The lowest BCUT2D eigenvalue weighted by molar-refractivity contribution is -0.384. The van der Waals surface area contributed by atoms with E-state index in [9.17, 15) is 14.9 Å². The van der Waals surface area contributed by atoms with Crippen molar-refractivity contribution in [1.82, 2.24) is 4.98 Å². The zero-order valence-corrected chi connectivity index (χ0v) is 13.1. The van der Waals surface area contributed by atoms with Crippen LogP contribution in [-0.2, 0) is 16.0 Å². The molecule has 0 aliphatic rings. The number of carbonyl (C=O) groups is 1. The van der Waals surface area contributed by atoms with Crippen LogP contribution in [0.25, 0.3) is 0 Å². The van der Waals surface area contributed by atoms with E-state index in [4.69, 9.17) is 4.74 Å². The van der Waals surface area contributed by atoms with E-state index in [1.807, 2.05) is 0 Å². The number of benzene rings is 1. The highest BCUT2D eigenvalue weighted by molar-refractivity contribution is 7.15. The Morgan fingerprint density at radius 3 is 2.87 bits per heavy atom. The minimum Gasteiger partial charge on any atom is -0.466 e. The second-order valence-electron chi connectivity index (χ2n) is 4.33. The number of ether oxygens (including phenoxy) is 1. The first-order valence-corrected chi connectivity index (χ1v) is 7.54. The Morgan fingerprint density at radius 2 is 2.22 bits per heavy atom. The van der Waals surface area contributed by atoms with Crippen molar-refractivity contribution in [2.45, 2.75) is 13.3 Å². The van der Waals surface area contributed by atoms with Crippen molar-refractivity contribution in [1.29, 1.82) is 0 Å². The fourth-order valence-corrected chi connectivity index (χ4v) is 2.39. The summed E-state index contributed by atoms with van der Waals surface area (Å²) in [7, 11) is 0. The number of esters is 1. The number of aromatic nitrogens is 1. The summed E-state index contributed by atoms with van der Waals surface area (Å²) in [5, 5.41) is 15.1. The molecule has 23 heavy (non-hydrogen) atoms. The van der Waals surface area contributed by atoms with Crippen LogP contribution >= 0.6 is 11.3 Å². The van der Waals surface area contributed by atoms with E-state index in [0.29, 0.717) is 17.3 Å². The summed E-state index contributed by atoms with van der Waals surface area (Å²) in [5.41, 5.74) is 3.49. The Hall–Kier alpha value is -2.81. The first-order valence-electron chi connectivity index (χ1n) is 6.72. The van der Waals surface area contributed by atoms with Gasteiger partial charge in [-0.15, -0.1) is 0 Å². The number of thiazole rings is 1. The number of nitrogens with one attached hydrogen (secondary N) is 1. The summed E-state index contributed by atoms with van der Waals surface area (Å²) < 4.78 is 4.86. The first kappa shape index (κ1) is 16.6. The van der Waals surface area contributed by atoms with Gasteiger partial charge in [-0.05, 0) is 24.6 Å². The summed E-state index contributed by atoms with van der Waals surface area (Å²) in [5.74, 6) is -0.294. The van der Waals surface area contributed by atoms with Crippen LogP contribution in [0.4, 0.5) is 10.8 Å². The number of hydrogen-bond acceptors (Lipinski definition) is 8. The number of hydrazone groups is 1. The van der Waals surface area contributed by atoms with Gasteiger partial charge < -0.3 is 4.74 Å². The van der Waals surface area contributed by atoms with Gasteiger partial charge in [-0.2, -0.15) is 5.10 Å². The molecular formula is C14H14N4O4S. The maximum Gasteiger partial charge on any atom is 0.311 e. The standard InChI is InChI=1S/C14H14N4O4S/c1-2-22-13(19)7-12-9-15-14(23-12)17-16-8-10-3-5-11(6-4-10)18(20)21/h3-6,8-9H,2,7H2,1H3,(H,15,17)/b16-8+. The minimum absolute atomic E-state index is 0.0265. The molecule has 0 aliphatic carbocycles. The number of non-ortho nitro benzene ring substituents is 1. The molecule has 9 heteroatoms. The maximum absolute atomic E-state index is 11.4. The van der Waals surface area contributed by atoms with Crippen LogP contribution in [0.2, 0.25) is 0 Å². The van der Waals surface area contributed by atoms with E-state index < -0.39 is 4.92 Å². The smallest absolute Gasteiger partial charge is 0.311 e. The zero-order valence-electron chi connectivity index (χ0n) is 12.3. The van der Waals surface area contributed by atoms with E-state index >= 15 is 0 Å². The molecule has 120 valence electrons. The van der Waals surface area contributed by atoms with Crippen LogP contribution in [0, 0.1) is 10.1 Å². The summed E-state index contributed by atoms with van der Waals surface area (Å²) in [6, 6.07) is 6.00. The van der Waals surface area contributed by atoms with Gasteiger partial charge in [0, 0.05) is 23.2 Å². The highest BCUT2D eigenvalue weighted by Crippen LogP contribution is 2.19. The largest absolute Gasteiger partial charge is 0.466 e. The van der Waals surface area contributed by atoms with Crippen LogP contribution in [-0.4, -0.2) is 28.7 Å². The van der Waals surface area contributed by atoms with E-state index in [0.717, 1.165) is 4.88 Å². The van der Waals surface area contributed by atoms with Gasteiger partial charge in [-0.3, -0.25) is 20.3 Å². The van der Waals surface area contributed by atoms with Crippen molar-refractivity contribution >= 4 is 34.3 Å². The first-order chi connectivity index (χ1) is 11.1. The van der Waals surface area contributed by atoms with E-state index in [1.165, 1.54) is 29.7 Å². The number of nitrogens with zero attached hydrogens (tertiary/aromatic N) is 3. The van der Waals surface area contributed by atoms with Crippen molar-refractivity contribution in [3.63, 3.8) is 0 Å². The lowest BCUT2D eigenvalue weighted by Gasteiger charge is -1.97. The summed E-state index contributed by atoms with van der Waals surface area (Å²) >= 11 is 1.30. The van der Waals surface area contributed by atoms with Crippen molar-refractivity contribution in [3.05, 3.63) is 51.0 Å². The molecule has 0 saturated carbocycles. The molecule has 1 N–H and O–H groups in total. The predicted molar refractivity (Wildman–Crippen MR) is 86.8 cm³/mol. The van der Waals surface area contributed by atoms with Crippen molar-refractivity contribution in [2.24, 2.45) is 5.10 Å². The normalized spacial score (nSPS) is 10.7. The van der Waals surface area contributed by atoms with Crippen LogP contribution < -0.4 is 5.43 Å². The SMILES string of the molecule is CCOC(=O)Cc1cnc(N/N=C/c2ccc([N+](=O)[O-])cc2)s1. The molecule has 0 unspecified atom stereocenters. The second kappa shape index (κ2) is 7.99. The van der Waals surface area contributed by atoms with Gasteiger partial charge in [0.2, 0.25) is 5.13 Å². The third-order valence-electron chi connectivity index (χ3n) is 2.66. The van der Waals surface area contributed by atoms with E-state index in [-0.39, 0.29) is 18.1 Å². The molecule has 0 saturated heterocycles. The lowest BCUT2D eigenvalue weighted by atomic mass is 10.2. The van der Waals surface area contributed by atoms with Crippen LogP contribution in [0.5, 0.6) is 0 Å². The minimum atomic E-state index is -0.459. The molecule has 0 spiro atoms. The molecule has 8 nitrogen and oxygen atoms in total. The van der Waals surface area contributed by atoms with Crippen molar-refractivity contribution in [3.8, 4) is 0 Å². The Kier molecular flexibility index (Phi) is 5.75. The molecule has 0 atom stereocenters. The van der Waals surface area contributed by atoms with Crippen molar-refractivity contribution in [2.75, 3.05) is 12.0 Å². The second-order valence-corrected chi connectivity index (χ2v) is 5.45. The molecule has 2 rings (SSSR count). The summed E-state index contributed by atoms with van der Waals surface area (Å²) in [4.78, 5) is 26.3. The van der Waals surface area contributed by atoms with Gasteiger partial charge in [-0.1, -0.05) is 11.3 Å². The van der Waals surface area contributed by atoms with Crippen LogP contribution in [0.15, 0.2) is 35.6 Å². The maximum atomic E-state index is 11.4. The van der Waals surface area contributed by atoms with Crippen LogP contribution in [0.1, 0.15) is 17.4 Å². The predicted octanol–water partition coefficient (Wildman–Crippen LogP) is 2.60.